The molecule has 1 aromatic heterocycles. The molecular weight excluding hydrogens is 254 g/mol. The molecule has 0 amide bonds. The van der Waals surface area contributed by atoms with Crippen LogP contribution in [0, 0.1) is 6.92 Å². The van der Waals surface area contributed by atoms with Crippen molar-refractivity contribution in [3.8, 4) is 5.75 Å². The lowest BCUT2D eigenvalue weighted by atomic mass is 10.00. The monoisotopic (exact) mass is 275 g/mol. The zero-order valence-corrected chi connectivity index (χ0v) is 12.6. The Morgan fingerprint density at radius 1 is 1.26 bits per heavy atom. The van der Waals surface area contributed by atoms with Crippen LogP contribution in [0.5, 0.6) is 5.75 Å². The molecule has 2 nitrogen and oxygen atoms in total. The van der Waals surface area contributed by atoms with Crippen molar-refractivity contribution in [2.75, 3.05) is 13.2 Å². The maximum Gasteiger partial charge on any atom is 0.124 e. The van der Waals surface area contributed by atoms with E-state index in [9.17, 15) is 0 Å². The lowest BCUT2D eigenvalue weighted by Gasteiger charge is -2.20. The lowest BCUT2D eigenvalue weighted by Crippen LogP contribution is -2.22. The molecular formula is C16H21NOS. The SMILES string of the molecule is CCNC(c1csc(C)c1)c1ccccc1OCC. The molecule has 0 saturated carbocycles. The maximum absolute atomic E-state index is 5.76. The molecule has 102 valence electrons. The van der Waals surface area contributed by atoms with Crippen molar-refractivity contribution < 1.29 is 4.74 Å². The standard InChI is InChI=1S/C16H21NOS/c1-4-17-16(13-10-12(3)19-11-13)14-8-6-7-9-15(14)18-5-2/h6-11,16-17H,4-5H2,1-3H3. The minimum atomic E-state index is 0.206. The van der Waals surface area contributed by atoms with Crippen molar-refractivity contribution in [2.45, 2.75) is 26.8 Å². The Labute approximate surface area is 119 Å². The van der Waals surface area contributed by atoms with Crippen LogP contribution >= 0.6 is 11.3 Å². The largest absolute Gasteiger partial charge is 0.494 e. The van der Waals surface area contributed by atoms with E-state index in [2.05, 4.69) is 42.7 Å². The van der Waals surface area contributed by atoms with Gasteiger partial charge in [0, 0.05) is 10.4 Å². The van der Waals surface area contributed by atoms with Gasteiger partial charge in [0.1, 0.15) is 5.75 Å². The molecule has 2 aromatic rings. The van der Waals surface area contributed by atoms with E-state index in [1.807, 2.05) is 19.1 Å². The Hall–Kier alpha value is -1.32. The third-order valence-corrected chi connectivity index (χ3v) is 3.90. The Balaban J connectivity index is 2.38. The Kier molecular flexibility index (Phi) is 5.00. The zero-order valence-electron chi connectivity index (χ0n) is 11.8. The summed E-state index contributed by atoms with van der Waals surface area (Å²) in [5.74, 6) is 0.972. The lowest BCUT2D eigenvalue weighted by molar-refractivity contribution is 0.333. The summed E-state index contributed by atoms with van der Waals surface area (Å²) in [6, 6.07) is 10.7. The molecule has 1 N–H and O–H groups in total. The zero-order chi connectivity index (χ0) is 13.7. The van der Waals surface area contributed by atoms with Gasteiger partial charge in [-0.2, -0.15) is 0 Å². The highest BCUT2D eigenvalue weighted by Crippen LogP contribution is 2.32. The van der Waals surface area contributed by atoms with Gasteiger partial charge in [-0.25, -0.2) is 0 Å². The van der Waals surface area contributed by atoms with E-state index in [1.54, 1.807) is 11.3 Å². The van der Waals surface area contributed by atoms with Crippen molar-refractivity contribution in [1.82, 2.24) is 5.32 Å². The van der Waals surface area contributed by atoms with Gasteiger partial charge in [0.15, 0.2) is 0 Å². The average molecular weight is 275 g/mol. The smallest absolute Gasteiger partial charge is 0.124 e. The predicted octanol–water partition coefficient (Wildman–Crippen LogP) is 4.15. The third-order valence-electron chi connectivity index (χ3n) is 3.02. The van der Waals surface area contributed by atoms with Crippen LogP contribution in [0.15, 0.2) is 35.7 Å². The van der Waals surface area contributed by atoms with Crippen molar-refractivity contribution >= 4 is 11.3 Å². The molecule has 1 atom stereocenters. The molecule has 0 fully saturated rings. The molecule has 1 aromatic carbocycles. The first-order chi connectivity index (χ1) is 9.26. The first kappa shape index (κ1) is 14.1. The van der Waals surface area contributed by atoms with Crippen LogP contribution in [-0.2, 0) is 0 Å². The number of para-hydroxylation sites is 1. The predicted molar refractivity (Wildman–Crippen MR) is 82.2 cm³/mol. The van der Waals surface area contributed by atoms with Crippen LogP contribution in [0.3, 0.4) is 0 Å². The molecule has 0 spiro atoms. The minimum absolute atomic E-state index is 0.206. The number of hydrogen-bond acceptors (Lipinski definition) is 3. The topological polar surface area (TPSA) is 21.3 Å². The average Bonchev–Trinajstić information content (AvgIpc) is 2.84. The molecule has 0 radical (unpaired) electrons. The molecule has 0 aliphatic heterocycles. The molecule has 19 heavy (non-hydrogen) atoms. The molecule has 0 bridgehead atoms. The van der Waals surface area contributed by atoms with E-state index >= 15 is 0 Å². The van der Waals surface area contributed by atoms with Gasteiger partial charge in [-0.1, -0.05) is 25.1 Å². The normalized spacial score (nSPS) is 12.4. The van der Waals surface area contributed by atoms with Gasteiger partial charge >= 0.3 is 0 Å². The highest BCUT2D eigenvalue weighted by Gasteiger charge is 2.18. The molecule has 3 heteroatoms. The van der Waals surface area contributed by atoms with E-state index in [0.717, 1.165) is 12.3 Å². The number of hydrogen-bond donors (Lipinski definition) is 1. The molecule has 2 rings (SSSR count). The molecule has 0 saturated heterocycles. The Bertz CT molecular complexity index is 521. The van der Waals surface area contributed by atoms with E-state index in [1.165, 1.54) is 16.0 Å². The molecule has 1 heterocycles. The van der Waals surface area contributed by atoms with E-state index in [0.29, 0.717) is 6.61 Å². The number of ether oxygens (including phenoxy) is 1. The molecule has 0 aliphatic rings. The molecule has 0 aliphatic carbocycles. The van der Waals surface area contributed by atoms with Crippen LogP contribution in [0.4, 0.5) is 0 Å². The van der Waals surface area contributed by atoms with Gasteiger partial charge < -0.3 is 10.1 Å². The first-order valence-corrected chi connectivity index (χ1v) is 7.64. The van der Waals surface area contributed by atoms with Gasteiger partial charge in [-0.15, -0.1) is 11.3 Å². The number of thiophene rings is 1. The second-order valence-corrected chi connectivity index (χ2v) is 5.57. The van der Waals surface area contributed by atoms with Crippen molar-refractivity contribution in [3.05, 3.63) is 51.7 Å². The summed E-state index contributed by atoms with van der Waals surface area (Å²) in [4.78, 5) is 1.34. The van der Waals surface area contributed by atoms with Crippen LogP contribution in [0.25, 0.3) is 0 Å². The Morgan fingerprint density at radius 2 is 2.05 bits per heavy atom. The number of rotatable bonds is 6. The fourth-order valence-corrected chi connectivity index (χ4v) is 2.96. The number of nitrogens with one attached hydrogen (secondary N) is 1. The summed E-state index contributed by atoms with van der Waals surface area (Å²) in [5.41, 5.74) is 2.53. The third kappa shape index (κ3) is 3.37. The van der Waals surface area contributed by atoms with Crippen LogP contribution in [0.1, 0.15) is 35.9 Å². The van der Waals surface area contributed by atoms with Crippen molar-refractivity contribution in [2.24, 2.45) is 0 Å². The summed E-state index contributed by atoms with van der Waals surface area (Å²) in [6.07, 6.45) is 0. The second kappa shape index (κ2) is 6.73. The number of benzene rings is 1. The van der Waals surface area contributed by atoms with Gasteiger partial charge in [0.2, 0.25) is 0 Å². The first-order valence-electron chi connectivity index (χ1n) is 6.76. The van der Waals surface area contributed by atoms with Crippen LogP contribution in [-0.4, -0.2) is 13.2 Å². The second-order valence-electron chi connectivity index (χ2n) is 4.45. The van der Waals surface area contributed by atoms with E-state index in [-0.39, 0.29) is 6.04 Å². The van der Waals surface area contributed by atoms with E-state index in [4.69, 9.17) is 4.74 Å². The Morgan fingerprint density at radius 3 is 2.68 bits per heavy atom. The van der Waals surface area contributed by atoms with E-state index < -0.39 is 0 Å². The van der Waals surface area contributed by atoms with Gasteiger partial charge in [-0.05, 0) is 43.5 Å². The van der Waals surface area contributed by atoms with Crippen molar-refractivity contribution in [1.29, 1.82) is 0 Å². The van der Waals surface area contributed by atoms with Gasteiger partial charge in [0.25, 0.3) is 0 Å². The fraction of sp³-hybridized carbons (Fsp3) is 0.375. The molecule has 1 unspecified atom stereocenters. The summed E-state index contributed by atoms with van der Waals surface area (Å²) >= 11 is 1.79. The quantitative estimate of drug-likeness (QED) is 0.855. The minimum Gasteiger partial charge on any atom is -0.494 e. The summed E-state index contributed by atoms with van der Waals surface area (Å²) in [5, 5.41) is 5.78. The maximum atomic E-state index is 5.76. The van der Waals surface area contributed by atoms with Crippen LogP contribution in [0.2, 0.25) is 0 Å². The van der Waals surface area contributed by atoms with Crippen LogP contribution < -0.4 is 10.1 Å². The van der Waals surface area contributed by atoms with Gasteiger partial charge in [-0.3, -0.25) is 0 Å². The fourth-order valence-electron chi connectivity index (χ4n) is 2.23. The van der Waals surface area contributed by atoms with Gasteiger partial charge in [0.05, 0.1) is 12.6 Å². The summed E-state index contributed by atoms with van der Waals surface area (Å²) in [7, 11) is 0. The van der Waals surface area contributed by atoms with Crippen molar-refractivity contribution in [3.63, 3.8) is 0 Å². The highest BCUT2D eigenvalue weighted by atomic mass is 32.1. The summed E-state index contributed by atoms with van der Waals surface area (Å²) < 4.78 is 5.76. The highest BCUT2D eigenvalue weighted by molar-refractivity contribution is 7.10. The number of aryl methyl sites for hydroxylation is 1. The summed E-state index contributed by atoms with van der Waals surface area (Å²) in [6.45, 7) is 7.92.